The molecule has 0 aliphatic carbocycles. The largest absolute Gasteiger partial charge is 0.422 e. The van der Waals surface area contributed by atoms with E-state index in [2.05, 4.69) is 0 Å². The van der Waals surface area contributed by atoms with Crippen molar-refractivity contribution in [3.8, 4) is 0 Å². The van der Waals surface area contributed by atoms with Gasteiger partial charge in [-0.05, 0) is 13.3 Å². The predicted molar refractivity (Wildman–Crippen MR) is 57.5 cm³/mol. The van der Waals surface area contributed by atoms with Crippen LogP contribution in [0.4, 0.5) is 17.6 Å². The van der Waals surface area contributed by atoms with Gasteiger partial charge in [-0.3, -0.25) is 0 Å². The summed E-state index contributed by atoms with van der Waals surface area (Å²) < 4.78 is 49.3. The summed E-state index contributed by atoms with van der Waals surface area (Å²) in [4.78, 5) is 0. The molecule has 5 heteroatoms. The molecule has 2 atom stereocenters. The summed E-state index contributed by atoms with van der Waals surface area (Å²) in [5, 5.41) is 0. The molecule has 0 aliphatic heterocycles. The van der Waals surface area contributed by atoms with E-state index in [4.69, 9.17) is 0 Å². The van der Waals surface area contributed by atoms with Crippen LogP contribution in [-0.2, 0) is 0 Å². The summed E-state index contributed by atoms with van der Waals surface area (Å²) in [7, 11) is 0. The van der Waals surface area contributed by atoms with Crippen molar-refractivity contribution in [1.82, 2.24) is 0 Å². The minimum Gasteiger partial charge on any atom is -0.234 e. The highest BCUT2D eigenvalue weighted by Gasteiger charge is 2.52. The molecule has 0 aliphatic rings. The van der Waals surface area contributed by atoms with Gasteiger partial charge in [-0.15, -0.1) is 0 Å². The van der Waals surface area contributed by atoms with Gasteiger partial charge in [-0.1, -0.05) is 42.4 Å². The van der Waals surface area contributed by atoms with E-state index < -0.39 is 18.3 Å². The average Bonchev–Trinajstić information content (AvgIpc) is 1.97. The molecule has 0 radical (unpaired) electrons. The van der Waals surface area contributed by atoms with E-state index in [0.29, 0.717) is 13.3 Å². The Morgan fingerprint density at radius 1 is 1.21 bits per heavy atom. The fourth-order valence-corrected chi connectivity index (χ4v) is 2.33. The Kier molecular flexibility index (Phi) is 5.69. The Labute approximate surface area is 95.6 Å². The summed E-state index contributed by atoms with van der Waals surface area (Å²) in [6, 6.07) is 0. The molecule has 0 heterocycles. The molecule has 0 bridgehead atoms. The number of hydrogen-bond donors (Lipinski definition) is 0. The maximum atomic E-state index is 13.1. The van der Waals surface area contributed by atoms with Crippen LogP contribution in [0.3, 0.4) is 0 Å². The smallest absolute Gasteiger partial charge is 0.234 e. The molecule has 14 heavy (non-hydrogen) atoms. The lowest BCUT2D eigenvalue weighted by Crippen LogP contribution is -2.39. The van der Waals surface area contributed by atoms with E-state index in [1.54, 1.807) is 0 Å². The normalized spacial score (nSPS) is 19.1. The summed E-state index contributed by atoms with van der Waals surface area (Å²) in [5.74, 6) is 0. The van der Waals surface area contributed by atoms with Crippen molar-refractivity contribution in [3.63, 3.8) is 0 Å². The third-order valence-corrected chi connectivity index (χ3v) is 3.13. The van der Waals surface area contributed by atoms with Gasteiger partial charge in [-0.2, -0.15) is 13.2 Å². The van der Waals surface area contributed by atoms with Crippen LogP contribution in [0.15, 0.2) is 0 Å². The first-order valence-electron chi connectivity index (χ1n) is 4.60. The molecular weight excluding hydrogens is 311 g/mol. The van der Waals surface area contributed by atoms with E-state index in [1.165, 1.54) is 0 Å². The number of hydrogen-bond acceptors (Lipinski definition) is 0. The molecule has 0 spiro atoms. The van der Waals surface area contributed by atoms with Crippen LogP contribution in [-0.4, -0.2) is 15.8 Å². The molecule has 0 aromatic rings. The van der Waals surface area contributed by atoms with Gasteiger partial charge >= 0.3 is 6.18 Å². The van der Waals surface area contributed by atoms with Crippen LogP contribution in [0, 0.1) is 0 Å². The van der Waals surface area contributed by atoms with Gasteiger partial charge in [0.25, 0.3) is 0 Å². The van der Waals surface area contributed by atoms with Crippen molar-refractivity contribution < 1.29 is 17.6 Å². The van der Waals surface area contributed by atoms with Gasteiger partial charge < -0.3 is 0 Å². The average molecular weight is 326 g/mol. The molecule has 0 saturated carbocycles. The van der Waals surface area contributed by atoms with Crippen LogP contribution in [0.2, 0.25) is 0 Å². The number of rotatable bonds is 5. The maximum absolute atomic E-state index is 13.1. The lowest BCUT2D eigenvalue weighted by molar-refractivity contribution is -0.225. The third kappa shape index (κ3) is 4.79. The Balaban J connectivity index is 4.08. The number of alkyl halides is 5. The van der Waals surface area contributed by atoms with Gasteiger partial charge in [0, 0.05) is 10.3 Å². The van der Waals surface area contributed by atoms with Crippen LogP contribution >= 0.6 is 22.6 Å². The van der Waals surface area contributed by atoms with Crippen molar-refractivity contribution in [1.29, 1.82) is 0 Å². The first-order valence-corrected chi connectivity index (χ1v) is 5.85. The molecule has 0 fully saturated rings. The van der Waals surface area contributed by atoms with Gasteiger partial charge in [0.1, 0.15) is 0 Å². The lowest BCUT2D eigenvalue weighted by Gasteiger charge is -2.25. The minimum atomic E-state index is -4.75. The summed E-state index contributed by atoms with van der Waals surface area (Å²) in [6.45, 7) is 2.58. The Bertz CT molecular complexity index is 165. The van der Waals surface area contributed by atoms with Gasteiger partial charge in [0.2, 0.25) is 5.67 Å². The van der Waals surface area contributed by atoms with Crippen molar-refractivity contribution in [2.24, 2.45) is 0 Å². The lowest BCUT2D eigenvalue weighted by atomic mass is 9.99. The topological polar surface area (TPSA) is 0 Å². The highest BCUT2D eigenvalue weighted by molar-refractivity contribution is 14.1. The van der Waals surface area contributed by atoms with E-state index in [9.17, 15) is 17.6 Å². The second kappa shape index (κ2) is 5.51. The summed E-state index contributed by atoms with van der Waals surface area (Å²) >= 11 is 1.89. The molecule has 2 unspecified atom stereocenters. The molecule has 0 amide bonds. The van der Waals surface area contributed by atoms with Gasteiger partial charge in [0.15, 0.2) is 0 Å². The molecular formula is C9H15F4I. The molecule has 0 saturated heterocycles. The Morgan fingerprint density at radius 2 is 1.71 bits per heavy atom. The van der Waals surface area contributed by atoms with Crippen molar-refractivity contribution >= 4 is 22.6 Å². The van der Waals surface area contributed by atoms with Crippen molar-refractivity contribution in [2.45, 2.75) is 55.3 Å². The standard InChI is InChI=1S/C9H15F4I/c1-3-4-5-7(14)6-8(2,10)9(11,12)13/h7H,3-6H2,1-2H3. The molecule has 0 aromatic carbocycles. The van der Waals surface area contributed by atoms with Crippen LogP contribution in [0.25, 0.3) is 0 Å². The fourth-order valence-electron chi connectivity index (χ4n) is 1.06. The Morgan fingerprint density at radius 3 is 2.07 bits per heavy atom. The summed E-state index contributed by atoms with van der Waals surface area (Å²) in [5.41, 5.74) is -3.05. The monoisotopic (exact) mass is 326 g/mol. The molecule has 0 rings (SSSR count). The van der Waals surface area contributed by atoms with E-state index in [-0.39, 0.29) is 3.92 Å². The SMILES string of the molecule is CCCCC(I)CC(C)(F)C(F)(F)F. The highest BCUT2D eigenvalue weighted by atomic mass is 127. The predicted octanol–water partition coefficient (Wildman–Crippen LogP) is 4.66. The van der Waals surface area contributed by atoms with Crippen LogP contribution in [0.5, 0.6) is 0 Å². The zero-order valence-electron chi connectivity index (χ0n) is 8.30. The molecule has 86 valence electrons. The van der Waals surface area contributed by atoms with Crippen molar-refractivity contribution in [2.75, 3.05) is 0 Å². The fraction of sp³-hybridized carbons (Fsp3) is 1.00. The van der Waals surface area contributed by atoms with E-state index in [1.807, 2.05) is 29.5 Å². The van der Waals surface area contributed by atoms with E-state index >= 15 is 0 Å². The highest BCUT2D eigenvalue weighted by Crippen LogP contribution is 2.39. The second-order valence-electron chi connectivity index (χ2n) is 3.64. The third-order valence-electron chi connectivity index (χ3n) is 2.07. The summed E-state index contributed by atoms with van der Waals surface area (Å²) in [6.07, 6.45) is -2.78. The van der Waals surface area contributed by atoms with Crippen LogP contribution < -0.4 is 0 Å². The Hall–Kier alpha value is 0.450. The van der Waals surface area contributed by atoms with E-state index in [0.717, 1.165) is 12.8 Å². The van der Waals surface area contributed by atoms with Crippen LogP contribution in [0.1, 0.15) is 39.5 Å². The maximum Gasteiger partial charge on any atom is 0.422 e. The molecule has 0 aromatic heterocycles. The minimum absolute atomic E-state index is 0.246. The quantitative estimate of drug-likeness (QED) is 0.392. The molecule has 0 nitrogen and oxygen atoms in total. The number of halogens is 5. The van der Waals surface area contributed by atoms with Gasteiger partial charge in [0.05, 0.1) is 0 Å². The second-order valence-corrected chi connectivity index (χ2v) is 5.40. The van der Waals surface area contributed by atoms with Crippen molar-refractivity contribution in [3.05, 3.63) is 0 Å². The molecule has 0 N–H and O–H groups in total. The number of unbranched alkanes of at least 4 members (excludes halogenated alkanes) is 1. The first-order chi connectivity index (χ1) is 6.20. The zero-order valence-corrected chi connectivity index (χ0v) is 10.5. The zero-order chi connectivity index (χ0) is 11.4. The first kappa shape index (κ1) is 14.5. The van der Waals surface area contributed by atoms with Gasteiger partial charge in [-0.25, -0.2) is 4.39 Å².